The summed E-state index contributed by atoms with van der Waals surface area (Å²) in [6, 6.07) is 12.0. The first kappa shape index (κ1) is 24.5. The highest BCUT2D eigenvalue weighted by Gasteiger charge is 2.12. The number of benzene rings is 2. The number of aliphatic hydroxyl groups excluding tert-OH is 1. The van der Waals surface area contributed by atoms with Gasteiger partial charge in [-0.05, 0) is 48.7 Å². The second-order valence-corrected chi connectivity index (χ2v) is 6.56. The van der Waals surface area contributed by atoms with Gasteiger partial charge in [-0.3, -0.25) is 0 Å². The molecular weight excluding hydrogens is 392 g/mol. The standard InChI is InChI=1S/C17H22N2O3.C4H4O4/c1-11(6-12-2-4-14(18)5-3-12)19-10-17(22)13-7-15(20)9-16(21)8-13;5-3(6)1-2-4(7)8/h2-5,7-9,11,17,19-22H,6,10,18H2,1H3;1-2H,(H,5,6)(H,7,8)/t11-,17+;/m0./s1. The van der Waals surface area contributed by atoms with Crippen LogP contribution in [0.4, 0.5) is 5.69 Å². The van der Waals surface area contributed by atoms with Gasteiger partial charge in [0.2, 0.25) is 0 Å². The van der Waals surface area contributed by atoms with E-state index in [1.165, 1.54) is 23.8 Å². The van der Waals surface area contributed by atoms with E-state index in [0.717, 1.165) is 12.1 Å². The molecule has 0 spiro atoms. The first-order chi connectivity index (χ1) is 14.1. The lowest BCUT2D eigenvalue weighted by Crippen LogP contribution is -2.32. The minimum Gasteiger partial charge on any atom is -0.508 e. The van der Waals surface area contributed by atoms with Crippen LogP contribution in [-0.4, -0.2) is 50.1 Å². The third-order valence-corrected chi connectivity index (χ3v) is 3.86. The summed E-state index contributed by atoms with van der Waals surface area (Å²) in [7, 11) is 0. The molecule has 2 rings (SSSR count). The van der Waals surface area contributed by atoms with E-state index >= 15 is 0 Å². The molecule has 0 heterocycles. The maximum absolute atomic E-state index is 10.1. The largest absolute Gasteiger partial charge is 0.508 e. The van der Waals surface area contributed by atoms with Crippen LogP contribution < -0.4 is 11.1 Å². The third-order valence-electron chi connectivity index (χ3n) is 3.86. The van der Waals surface area contributed by atoms with E-state index in [1.54, 1.807) is 0 Å². The van der Waals surface area contributed by atoms with Crippen molar-refractivity contribution in [2.75, 3.05) is 12.3 Å². The number of phenolic OH excluding ortho intramolecular Hbond substituents is 2. The SMILES string of the molecule is C[C@@H](Cc1ccc(N)cc1)NC[C@@H](O)c1cc(O)cc(O)c1.O=C(O)C=CC(=O)O. The number of rotatable bonds is 8. The van der Waals surface area contributed by atoms with Crippen molar-refractivity contribution < 1.29 is 35.1 Å². The number of hydrogen-bond donors (Lipinski definition) is 7. The Labute approximate surface area is 173 Å². The van der Waals surface area contributed by atoms with E-state index in [-0.39, 0.29) is 17.5 Å². The monoisotopic (exact) mass is 418 g/mol. The molecule has 9 heteroatoms. The molecule has 0 aromatic heterocycles. The van der Waals surface area contributed by atoms with Crippen LogP contribution in [0.5, 0.6) is 11.5 Å². The molecule has 0 aliphatic rings. The highest BCUT2D eigenvalue weighted by atomic mass is 16.4. The van der Waals surface area contributed by atoms with Gasteiger partial charge in [0.15, 0.2) is 0 Å². The molecule has 0 saturated carbocycles. The Morgan fingerprint density at radius 1 is 1.00 bits per heavy atom. The van der Waals surface area contributed by atoms with Gasteiger partial charge in [-0.1, -0.05) is 12.1 Å². The summed E-state index contributed by atoms with van der Waals surface area (Å²) in [4.78, 5) is 19.1. The van der Waals surface area contributed by atoms with E-state index in [2.05, 4.69) is 5.32 Å². The van der Waals surface area contributed by atoms with Gasteiger partial charge in [-0.2, -0.15) is 0 Å². The second-order valence-electron chi connectivity index (χ2n) is 6.56. The van der Waals surface area contributed by atoms with Crippen molar-refractivity contribution in [3.05, 3.63) is 65.7 Å². The van der Waals surface area contributed by atoms with Crippen molar-refractivity contribution in [2.24, 2.45) is 0 Å². The van der Waals surface area contributed by atoms with Crippen molar-refractivity contribution in [3.63, 3.8) is 0 Å². The summed E-state index contributed by atoms with van der Waals surface area (Å²) in [6.45, 7) is 2.36. The molecule has 8 N–H and O–H groups in total. The topological polar surface area (TPSA) is 173 Å². The summed E-state index contributed by atoms with van der Waals surface area (Å²) >= 11 is 0. The number of anilines is 1. The Balaban J connectivity index is 0.000000479. The van der Waals surface area contributed by atoms with E-state index in [4.69, 9.17) is 15.9 Å². The van der Waals surface area contributed by atoms with Gasteiger partial charge < -0.3 is 36.6 Å². The summed E-state index contributed by atoms with van der Waals surface area (Å²) in [6.07, 6.45) is 1.13. The van der Waals surface area contributed by atoms with Gasteiger partial charge >= 0.3 is 11.9 Å². The number of carbonyl (C=O) groups is 2. The molecular formula is C21H26N2O7. The van der Waals surface area contributed by atoms with E-state index in [9.17, 15) is 24.9 Å². The fourth-order valence-corrected chi connectivity index (χ4v) is 2.46. The van der Waals surface area contributed by atoms with Crippen LogP contribution in [0, 0.1) is 0 Å². The first-order valence-corrected chi connectivity index (χ1v) is 8.99. The molecule has 162 valence electrons. The Bertz CT molecular complexity index is 830. The van der Waals surface area contributed by atoms with Crippen molar-refractivity contribution >= 4 is 17.6 Å². The molecule has 30 heavy (non-hydrogen) atoms. The van der Waals surface area contributed by atoms with Crippen LogP contribution in [0.3, 0.4) is 0 Å². The van der Waals surface area contributed by atoms with Gasteiger partial charge in [-0.15, -0.1) is 0 Å². The molecule has 0 saturated heterocycles. The molecule has 2 aromatic carbocycles. The lowest BCUT2D eigenvalue weighted by molar-refractivity contribution is -0.134. The van der Waals surface area contributed by atoms with E-state index in [1.807, 2.05) is 31.2 Å². The average Bonchev–Trinajstić information content (AvgIpc) is 2.66. The normalized spacial score (nSPS) is 12.6. The Morgan fingerprint density at radius 2 is 1.50 bits per heavy atom. The maximum atomic E-state index is 10.1. The highest BCUT2D eigenvalue weighted by molar-refractivity contribution is 5.89. The number of aliphatic carboxylic acids is 2. The van der Waals surface area contributed by atoms with Gasteiger partial charge in [0.05, 0.1) is 6.10 Å². The van der Waals surface area contributed by atoms with Gasteiger partial charge in [0, 0.05) is 36.5 Å². The lowest BCUT2D eigenvalue weighted by Gasteiger charge is -2.18. The van der Waals surface area contributed by atoms with Crippen LogP contribution in [-0.2, 0) is 16.0 Å². The highest BCUT2D eigenvalue weighted by Crippen LogP contribution is 2.24. The first-order valence-electron chi connectivity index (χ1n) is 8.99. The number of aromatic hydroxyl groups is 2. The molecule has 9 nitrogen and oxygen atoms in total. The van der Waals surface area contributed by atoms with Crippen LogP contribution in [0.15, 0.2) is 54.6 Å². The molecule has 0 radical (unpaired) electrons. The zero-order valence-corrected chi connectivity index (χ0v) is 16.4. The van der Waals surface area contributed by atoms with Gasteiger partial charge in [0.25, 0.3) is 0 Å². The minimum absolute atomic E-state index is 0.0658. The molecule has 0 bridgehead atoms. The van der Waals surface area contributed by atoms with Crippen LogP contribution in [0.2, 0.25) is 0 Å². The van der Waals surface area contributed by atoms with Gasteiger partial charge in [-0.25, -0.2) is 9.59 Å². The predicted octanol–water partition coefficient (Wildman–Crippen LogP) is 1.65. The average molecular weight is 418 g/mol. The molecule has 2 atom stereocenters. The summed E-state index contributed by atoms with van der Waals surface area (Å²) < 4.78 is 0. The maximum Gasteiger partial charge on any atom is 0.328 e. The van der Waals surface area contributed by atoms with E-state index < -0.39 is 18.0 Å². The quantitative estimate of drug-likeness (QED) is 0.248. The molecule has 0 aliphatic heterocycles. The minimum atomic E-state index is -1.26. The summed E-state index contributed by atoms with van der Waals surface area (Å²) in [5.41, 5.74) is 8.04. The Morgan fingerprint density at radius 3 is 1.97 bits per heavy atom. The Kier molecular flexibility index (Phi) is 9.87. The van der Waals surface area contributed by atoms with Crippen molar-refractivity contribution in [1.29, 1.82) is 0 Å². The predicted molar refractivity (Wildman–Crippen MR) is 111 cm³/mol. The van der Waals surface area contributed by atoms with E-state index in [0.29, 0.717) is 24.3 Å². The smallest absolute Gasteiger partial charge is 0.328 e. The number of phenols is 2. The number of aliphatic hydroxyl groups is 1. The van der Waals surface area contributed by atoms with Crippen molar-refractivity contribution in [3.8, 4) is 11.5 Å². The van der Waals surface area contributed by atoms with Crippen LogP contribution >= 0.6 is 0 Å². The van der Waals surface area contributed by atoms with Crippen LogP contribution in [0.25, 0.3) is 0 Å². The number of carboxylic acid groups (broad SMARTS) is 2. The zero-order valence-electron chi connectivity index (χ0n) is 16.4. The Hall–Kier alpha value is -3.56. The lowest BCUT2D eigenvalue weighted by atomic mass is 10.1. The molecule has 0 unspecified atom stereocenters. The second kappa shape index (κ2) is 12.1. The third kappa shape index (κ3) is 10.1. The molecule has 0 fully saturated rings. The van der Waals surface area contributed by atoms with Crippen LogP contribution in [0.1, 0.15) is 24.2 Å². The number of nitrogen functional groups attached to an aromatic ring is 1. The summed E-state index contributed by atoms with van der Waals surface area (Å²) in [5, 5.41) is 47.9. The molecule has 0 amide bonds. The van der Waals surface area contributed by atoms with Crippen molar-refractivity contribution in [1.82, 2.24) is 5.32 Å². The molecule has 2 aromatic rings. The fraction of sp³-hybridized carbons (Fsp3) is 0.238. The number of hydrogen-bond acceptors (Lipinski definition) is 7. The van der Waals surface area contributed by atoms with Gasteiger partial charge in [0.1, 0.15) is 11.5 Å². The number of carboxylic acids is 2. The van der Waals surface area contributed by atoms with Crippen molar-refractivity contribution in [2.45, 2.75) is 25.5 Å². The summed E-state index contributed by atoms with van der Waals surface area (Å²) in [5.74, 6) is -2.65. The fourth-order valence-electron chi connectivity index (χ4n) is 2.46. The zero-order chi connectivity index (χ0) is 22.7. The number of nitrogens with two attached hydrogens (primary N) is 1. The molecule has 0 aliphatic carbocycles. The number of nitrogens with one attached hydrogen (secondary N) is 1.